The van der Waals surface area contributed by atoms with Crippen molar-refractivity contribution >= 4 is 17.2 Å². The highest BCUT2D eigenvalue weighted by Crippen LogP contribution is 2.74. The summed E-state index contributed by atoms with van der Waals surface area (Å²) in [5, 5.41) is 0.916. The predicted octanol–water partition coefficient (Wildman–Crippen LogP) is 7.40. The molecular formula is C28H27Cl. The van der Waals surface area contributed by atoms with Crippen molar-refractivity contribution in [3.63, 3.8) is 0 Å². The molecule has 0 amide bonds. The lowest BCUT2D eigenvalue weighted by atomic mass is 9.58. The molecule has 7 unspecified atom stereocenters. The number of fused-ring (bicyclic) bond motifs is 2. The molecule has 6 aliphatic carbocycles. The maximum atomic E-state index is 6.77. The minimum atomic E-state index is 0.278. The van der Waals surface area contributed by atoms with Crippen LogP contribution in [0.4, 0.5) is 0 Å². The largest absolute Gasteiger partial charge is 0.0840 e. The molecule has 4 bridgehead atoms. The summed E-state index contributed by atoms with van der Waals surface area (Å²) in [6.45, 7) is 2.37. The van der Waals surface area contributed by atoms with Gasteiger partial charge in [-0.25, -0.2) is 0 Å². The van der Waals surface area contributed by atoms with E-state index < -0.39 is 0 Å². The van der Waals surface area contributed by atoms with Crippen LogP contribution in [0.5, 0.6) is 0 Å². The van der Waals surface area contributed by atoms with Gasteiger partial charge >= 0.3 is 0 Å². The summed E-state index contributed by atoms with van der Waals surface area (Å²) in [4.78, 5) is 0. The van der Waals surface area contributed by atoms with Crippen molar-refractivity contribution < 1.29 is 0 Å². The number of allylic oxidation sites excluding steroid dienone is 4. The van der Waals surface area contributed by atoms with Crippen molar-refractivity contribution in [1.29, 1.82) is 0 Å². The first kappa shape index (κ1) is 16.9. The summed E-state index contributed by atoms with van der Waals surface area (Å²) in [5.41, 5.74) is 8.02. The second kappa shape index (κ2) is 5.67. The highest BCUT2D eigenvalue weighted by Gasteiger charge is 2.66. The van der Waals surface area contributed by atoms with Crippen LogP contribution in [0, 0.1) is 29.6 Å². The molecule has 0 heterocycles. The summed E-state index contributed by atoms with van der Waals surface area (Å²) in [5.74, 6) is 4.46. The maximum absolute atomic E-state index is 6.77. The van der Waals surface area contributed by atoms with E-state index >= 15 is 0 Å². The Labute approximate surface area is 178 Å². The number of benzene rings is 2. The molecule has 8 rings (SSSR count). The van der Waals surface area contributed by atoms with Gasteiger partial charge in [0.2, 0.25) is 0 Å². The van der Waals surface area contributed by atoms with Gasteiger partial charge in [0.1, 0.15) is 0 Å². The van der Waals surface area contributed by atoms with E-state index in [1.165, 1.54) is 36.8 Å². The minimum absolute atomic E-state index is 0.278. The van der Waals surface area contributed by atoms with Crippen molar-refractivity contribution in [2.45, 2.75) is 43.9 Å². The molecule has 4 saturated carbocycles. The zero-order valence-corrected chi connectivity index (χ0v) is 17.7. The number of hydrogen-bond acceptors (Lipinski definition) is 0. The van der Waals surface area contributed by atoms with Crippen LogP contribution in [0.1, 0.15) is 55.2 Å². The van der Waals surface area contributed by atoms with E-state index in [1.807, 2.05) is 0 Å². The molecule has 0 N–H and O–H groups in total. The molecule has 0 aromatic heterocycles. The Bertz CT molecular complexity index is 1090. The molecule has 0 saturated heterocycles. The van der Waals surface area contributed by atoms with Crippen molar-refractivity contribution in [2.75, 3.05) is 0 Å². The van der Waals surface area contributed by atoms with Crippen LogP contribution >= 0.6 is 11.6 Å². The molecule has 29 heavy (non-hydrogen) atoms. The van der Waals surface area contributed by atoms with Gasteiger partial charge in [-0.3, -0.25) is 0 Å². The molecule has 2 aromatic rings. The Morgan fingerprint density at radius 2 is 1.76 bits per heavy atom. The smallest absolute Gasteiger partial charge is 0.0444 e. The lowest BCUT2D eigenvalue weighted by Gasteiger charge is -2.45. The van der Waals surface area contributed by atoms with Crippen LogP contribution < -0.4 is 0 Å². The minimum Gasteiger partial charge on any atom is -0.0840 e. The van der Waals surface area contributed by atoms with Gasteiger partial charge in [0.25, 0.3) is 0 Å². The van der Waals surface area contributed by atoms with Crippen LogP contribution in [0.15, 0.2) is 66.3 Å². The monoisotopic (exact) mass is 398 g/mol. The van der Waals surface area contributed by atoms with Crippen LogP contribution in [0.3, 0.4) is 0 Å². The van der Waals surface area contributed by atoms with Gasteiger partial charge in [-0.05, 0) is 89.2 Å². The number of hydrogen-bond donors (Lipinski definition) is 0. The highest BCUT2D eigenvalue weighted by molar-refractivity contribution is 6.31. The molecule has 1 heteroatoms. The number of halogens is 1. The van der Waals surface area contributed by atoms with E-state index in [0.717, 1.165) is 28.7 Å². The molecule has 0 nitrogen and oxygen atoms in total. The van der Waals surface area contributed by atoms with Gasteiger partial charge in [0, 0.05) is 16.4 Å². The average molecular weight is 399 g/mol. The van der Waals surface area contributed by atoms with Crippen LogP contribution in [0.2, 0.25) is 5.02 Å². The number of rotatable bonds is 1. The summed E-state index contributed by atoms with van der Waals surface area (Å²) >= 11 is 6.77. The lowest BCUT2D eigenvalue weighted by Crippen LogP contribution is -2.41. The maximum Gasteiger partial charge on any atom is 0.0444 e. The SMILES string of the molecule is CC1C=CC2=C(c3ccccc3C23C2CC4CC(C2)C3C4)C1c1ccccc1Cl. The van der Waals surface area contributed by atoms with E-state index in [4.69, 9.17) is 11.6 Å². The van der Waals surface area contributed by atoms with Crippen LogP contribution in [-0.2, 0) is 5.41 Å². The average Bonchev–Trinajstić information content (AvgIpc) is 3.27. The second-order valence-corrected chi connectivity index (χ2v) is 10.7. The van der Waals surface area contributed by atoms with Gasteiger partial charge in [-0.2, -0.15) is 0 Å². The van der Waals surface area contributed by atoms with Gasteiger partial charge in [0.05, 0.1) is 0 Å². The fourth-order valence-corrected chi connectivity index (χ4v) is 8.82. The Kier molecular flexibility index (Phi) is 3.31. The lowest BCUT2D eigenvalue weighted by molar-refractivity contribution is 0.189. The van der Waals surface area contributed by atoms with E-state index in [-0.39, 0.29) is 5.41 Å². The van der Waals surface area contributed by atoms with Gasteiger partial charge in [-0.15, -0.1) is 0 Å². The fourth-order valence-electron chi connectivity index (χ4n) is 8.57. The first-order chi connectivity index (χ1) is 14.2. The molecule has 7 atom stereocenters. The molecule has 4 fully saturated rings. The third kappa shape index (κ3) is 1.93. The van der Waals surface area contributed by atoms with Crippen molar-refractivity contribution in [1.82, 2.24) is 0 Å². The Morgan fingerprint density at radius 3 is 2.62 bits per heavy atom. The molecular weight excluding hydrogens is 372 g/mol. The van der Waals surface area contributed by atoms with Crippen LogP contribution in [0.25, 0.3) is 5.57 Å². The highest BCUT2D eigenvalue weighted by atomic mass is 35.5. The topological polar surface area (TPSA) is 0 Å². The first-order valence-corrected chi connectivity index (χ1v) is 11.8. The van der Waals surface area contributed by atoms with Gasteiger partial charge in [-0.1, -0.05) is 73.1 Å². The predicted molar refractivity (Wildman–Crippen MR) is 120 cm³/mol. The Morgan fingerprint density at radius 1 is 0.931 bits per heavy atom. The van der Waals surface area contributed by atoms with E-state index in [0.29, 0.717) is 11.8 Å². The molecule has 1 spiro atoms. The van der Waals surface area contributed by atoms with Gasteiger partial charge < -0.3 is 0 Å². The normalized spacial score (nSPS) is 40.8. The van der Waals surface area contributed by atoms with Gasteiger partial charge in [0.15, 0.2) is 0 Å². The second-order valence-electron chi connectivity index (χ2n) is 10.3. The van der Waals surface area contributed by atoms with Crippen LogP contribution in [-0.4, -0.2) is 0 Å². The summed E-state index contributed by atoms with van der Waals surface area (Å²) in [6.07, 6.45) is 10.9. The van der Waals surface area contributed by atoms with Crippen molar-refractivity contribution in [2.24, 2.45) is 29.6 Å². The first-order valence-electron chi connectivity index (χ1n) is 11.5. The summed E-state index contributed by atoms with van der Waals surface area (Å²) in [7, 11) is 0. The third-order valence-corrected chi connectivity index (χ3v) is 9.61. The van der Waals surface area contributed by atoms with Crippen molar-refractivity contribution in [3.8, 4) is 0 Å². The quantitative estimate of drug-likeness (QED) is 0.469. The zero-order valence-electron chi connectivity index (χ0n) is 16.9. The Hall–Kier alpha value is -1.79. The van der Waals surface area contributed by atoms with E-state index in [1.54, 1.807) is 16.7 Å². The van der Waals surface area contributed by atoms with E-state index in [2.05, 4.69) is 67.6 Å². The molecule has 6 aliphatic rings. The van der Waals surface area contributed by atoms with E-state index in [9.17, 15) is 0 Å². The third-order valence-electron chi connectivity index (χ3n) is 9.27. The molecule has 146 valence electrons. The zero-order chi connectivity index (χ0) is 19.3. The molecule has 0 aliphatic heterocycles. The standard InChI is InChI=1S/C28H27Cl/c1-16-10-11-23-27(26(16)21-7-3-5-9-25(21)29)20-6-2-4-8-22(20)28(23)19-13-17-12-18(15-19)24(28)14-17/h2-11,16-19,24,26H,12-15H2,1H3. The summed E-state index contributed by atoms with van der Waals surface area (Å²) < 4.78 is 0. The molecule has 2 aromatic carbocycles. The fraction of sp³-hybridized carbons (Fsp3) is 0.429. The Balaban J connectivity index is 1.53. The van der Waals surface area contributed by atoms with Crippen molar-refractivity contribution in [3.05, 3.63) is 88.0 Å². The molecule has 0 radical (unpaired) electrons. The summed E-state index contributed by atoms with van der Waals surface area (Å²) in [6, 6.07) is 18.0.